The molecule has 0 unspecified atom stereocenters. The van der Waals surface area contributed by atoms with E-state index in [1.54, 1.807) is 35.2 Å². The molecule has 2 aromatic rings. The number of amides is 2. The smallest absolute Gasteiger partial charge is 0.267 e. The fourth-order valence-corrected chi connectivity index (χ4v) is 1.78. The second kappa shape index (κ2) is 5.22. The summed E-state index contributed by atoms with van der Waals surface area (Å²) in [6.45, 7) is 0. The largest absolute Gasteiger partial charge is 0.271 e. The Kier molecular flexibility index (Phi) is 3.46. The molecular weight excluding hydrogens is 238 g/mol. The minimum absolute atomic E-state index is 0.344. The van der Waals surface area contributed by atoms with Crippen LogP contribution < -0.4 is 10.9 Å². The number of rotatable bonds is 2. The first-order valence-corrected chi connectivity index (χ1v) is 5.74. The molecule has 0 aliphatic rings. The summed E-state index contributed by atoms with van der Waals surface area (Å²) in [5, 5.41) is 3.49. The molecule has 0 saturated carbocycles. The minimum atomic E-state index is -0.401. The summed E-state index contributed by atoms with van der Waals surface area (Å²) in [6.07, 6.45) is 2.99. The van der Waals surface area contributed by atoms with Crippen molar-refractivity contribution in [3.05, 3.63) is 52.5 Å². The molecule has 0 aliphatic heterocycles. The summed E-state index contributed by atoms with van der Waals surface area (Å²) in [5.74, 6) is -0.745. The maximum absolute atomic E-state index is 11.6. The molecule has 0 aromatic carbocycles. The number of aromatic nitrogens is 1. The topological polar surface area (TPSA) is 71.1 Å². The van der Waals surface area contributed by atoms with Gasteiger partial charge in [0, 0.05) is 17.8 Å². The van der Waals surface area contributed by atoms with Gasteiger partial charge in [-0.1, -0.05) is 0 Å². The van der Waals surface area contributed by atoms with E-state index >= 15 is 0 Å². The number of hydrogen-bond donors (Lipinski definition) is 2. The van der Waals surface area contributed by atoms with Gasteiger partial charge in [0.25, 0.3) is 11.8 Å². The van der Waals surface area contributed by atoms with Crippen molar-refractivity contribution in [2.45, 2.75) is 0 Å². The van der Waals surface area contributed by atoms with Gasteiger partial charge in [-0.25, -0.2) is 0 Å². The number of nitrogens with zero attached hydrogens (tertiary/aromatic N) is 1. The number of nitrogens with one attached hydrogen (secondary N) is 2. The second-order valence-electron chi connectivity index (χ2n) is 3.16. The highest BCUT2D eigenvalue weighted by molar-refractivity contribution is 7.08. The van der Waals surface area contributed by atoms with Gasteiger partial charge in [-0.2, -0.15) is 11.3 Å². The van der Waals surface area contributed by atoms with Crippen LogP contribution in [0.1, 0.15) is 20.7 Å². The van der Waals surface area contributed by atoms with Crippen LogP contribution in [0.15, 0.2) is 41.4 Å². The van der Waals surface area contributed by atoms with E-state index in [1.807, 2.05) is 0 Å². The van der Waals surface area contributed by atoms with Gasteiger partial charge in [-0.05, 0) is 23.6 Å². The standard InChI is InChI=1S/C11H9N3O2S/c15-10(8-2-1-4-12-6-8)13-14-11(16)9-3-5-17-7-9/h1-7H,(H,13,15)(H,14,16). The molecule has 0 fully saturated rings. The molecule has 0 atom stereocenters. The molecule has 86 valence electrons. The van der Waals surface area contributed by atoms with Crippen molar-refractivity contribution in [2.24, 2.45) is 0 Å². The molecule has 2 rings (SSSR count). The van der Waals surface area contributed by atoms with Crippen LogP contribution in [0.25, 0.3) is 0 Å². The van der Waals surface area contributed by atoms with Crippen LogP contribution in [-0.2, 0) is 0 Å². The Labute approximate surface area is 101 Å². The van der Waals surface area contributed by atoms with Gasteiger partial charge in [0.2, 0.25) is 0 Å². The Morgan fingerprint density at radius 3 is 2.47 bits per heavy atom. The number of hydrazine groups is 1. The predicted molar refractivity (Wildman–Crippen MR) is 63.5 cm³/mol. The molecule has 0 spiro atoms. The summed E-state index contributed by atoms with van der Waals surface area (Å²) in [7, 11) is 0. The first-order valence-electron chi connectivity index (χ1n) is 4.80. The highest BCUT2D eigenvalue weighted by Crippen LogP contribution is 2.04. The highest BCUT2D eigenvalue weighted by Gasteiger charge is 2.08. The first kappa shape index (κ1) is 11.3. The van der Waals surface area contributed by atoms with E-state index in [0.717, 1.165) is 0 Å². The van der Waals surface area contributed by atoms with Gasteiger partial charge >= 0.3 is 0 Å². The molecule has 0 bridgehead atoms. The molecule has 0 aliphatic carbocycles. The zero-order chi connectivity index (χ0) is 12.1. The molecule has 2 heterocycles. The van der Waals surface area contributed by atoms with E-state index in [2.05, 4.69) is 15.8 Å². The van der Waals surface area contributed by atoms with E-state index < -0.39 is 5.91 Å². The molecular formula is C11H9N3O2S. The van der Waals surface area contributed by atoms with Crippen LogP contribution in [0.4, 0.5) is 0 Å². The molecule has 2 amide bonds. The number of thiophene rings is 1. The third kappa shape index (κ3) is 2.88. The average molecular weight is 247 g/mol. The van der Waals surface area contributed by atoms with E-state index in [9.17, 15) is 9.59 Å². The van der Waals surface area contributed by atoms with Crippen molar-refractivity contribution in [3.63, 3.8) is 0 Å². The van der Waals surface area contributed by atoms with Gasteiger partial charge in [-0.15, -0.1) is 0 Å². The van der Waals surface area contributed by atoms with Crippen LogP contribution >= 0.6 is 11.3 Å². The summed E-state index contributed by atoms with van der Waals surface area (Å²) >= 11 is 1.42. The normalized spacial score (nSPS) is 9.65. The number of hydrogen-bond acceptors (Lipinski definition) is 4. The van der Waals surface area contributed by atoms with Crippen molar-refractivity contribution >= 4 is 23.2 Å². The van der Waals surface area contributed by atoms with Gasteiger partial charge in [0.1, 0.15) is 0 Å². The SMILES string of the molecule is O=C(NNC(=O)c1ccsc1)c1cccnc1. The van der Waals surface area contributed by atoms with Crippen molar-refractivity contribution in [1.29, 1.82) is 0 Å². The Balaban J connectivity index is 1.91. The molecule has 2 N–H and O–H groups in total. The fourth-order valence-electron chi connectivity index (χ4n) is 1.15. The van der Waals surface area contributed by atoms with E-state index in [1.165, 1.54) is 17.5 Å². The Morgan fingerprint density at radius 1 is 1.12 bits per heavy atom. The lowest BCUT2D eigenvalue weighted by Gasteiger charge is -2.05. The number of carbonyl (C=O) groups is 2. The summed E-state index contributed by atoms with van der Waals surface area (Å²) in [6, 6.07) is 4.94. The number of carbonyl (C=O) groups excluding carboxylic acids is 2. The van der Waals surface area contributed by atoms with Gasteiger partial charge in [0.15, 0.2) is 0 Å². The van der Waals surface area contributed by atoms with Crippen LogP contribution in [0.3, 0.4) is 0 Å². The lowest BCUT2D eigenvalue weighted by atomic mass is 10.3. The monoisotopic (exact) mass is 247 g/mol. The van der Waals surface area contributed by atoms with E-state index in [0.29, 0.717) is 11.1 Å². The average Bonchev–Trinajstić information content (AvgIpc) is 2.90. The van der Waals surface area contributed by atoms with E-state index in [-0.39, 0.29) is 5.91 Å². The molecule has 17 heavy (non-hydrogen) atoms. The first-order chi connectivity index (χ1) is 8.27. The zero-order valence-electron chi connectivity index (χ0n) is 8.71. The highest BCUT2D eigenvalue weighted by atomic mass is 32.1. The third-order valence-electron chi connectivity index (χ3n) is 2.00. The van der Waals surface area contributed by atoms with Crippen molar-refractivity contribution in [3.8, 4) is 0 Å². The Morgan fingerprint density at radius 2 is 1.88 bits per heavy atom. The Bertz CT molecular complexity index is 511. The van der Waals surface area contributed by atoms with Crippen LogP contribution in [-0.4, -0.2) is 16.8 Å². The second-order valence-corrected chi connectivity index (χ2v) is 3.94. The van der Waals surface area contributed by atoms with Crippen LogP contribution in [0.2, 0.25) is 0 Å². The maximum Gasteiger partial charge on any atom is 0.271 e. The third-order valence-corrected chi connectivity index (χ3v) is 2.68. The molecule has 5 nitrogen and oxygen atoms in total. The van der Waals surface area contributed by atoms with Crippen molar-refractivity contribution < 1.29 is 9.59 Å². The summed E-state index contributed by atoms with van der Waals surface area (Å²) in [5.41, 5.74) is 5.54. The van der Waals surface area contributed by atoms with Crippen molar-refractivity contribution in [1.82, 2.24) is 15.8 Å². The predicted octanol–water partition coefficient (Wildman–Crippen LogP) is 1.22. The van der Waals surface area contributed by atoms with Gasteiger partial charge < -0.3 is 0 Å². The molecule has 0 saturated heterocycles. The Hall–Kier alpha value is -2.21. The molecule has 2 aromatic heterocycles. The minimum Gasteiger partial charge on any atom is -0.267 e. The molecule has 6 heteroatoms. The fraction of sp³-hybridized carbons (Fsp3) is 0. The van der Waals surface area contributed by atoms with E-state index in [4.69, 9.17) is 0 Å². The van der Waals surface area contributed by atoms with Gasteiger partial charge in [0.05, 0.1) is 11.1 Å². The quantitative estimate of drug-likeness (QED) is 0.784. The number of pyridine rings is 1. The van der Waals surface area contributed by atoms with Crippen LogP contribution in [0.5, 0.6) is 0 Å². The van der Waals surface area contributed by atoms with Gasteiger partial charge in [-0.3, -0.25) is 25.4 Å². The van der Waals surface area contributed by atoms with Crippen LogP contribution in [0, 0.1) is 0 Å². The lowest BCUT2D eigenvalue weighted by molar-refractivity contribution is 0.0847. The summed E-state index contributed by atoms with van der Waals surface area (Å²) < 4.78 is 0. The lowest BCUT2D eigenvalue weighted by Crippen LogP contribution is -2.41. The maximum atomic E-state index is 11.6. The zero-order valence-corrected chi connectivity index (χ0v) is 9.53. The van der Waals surface area contributed by atoms with Crippen molar-refractivity contribution in [2.75, 3.05) is 0 Å². The molecule has 0 radical (unpaired) electrons. The summed E-state index contributed by atoms with van der Waals surface area (Å²) in [4.78, 5) is 26.9.